The van der Waals surface area contributed by atoms with Gasteiger partial charge in [0.05, 0.1) is 6.04 Å². The first kappa shape index (κ1) is 13.8. The third-order valence-corrected chi connectivity index (χ3v) is 3.66. The molecule has 0 fully saturated rings. The van der Waals surface area contributed by atoms with Crippen molar-refractivity contribution in [1.82, 2.24) is 14.9 Å². The maximum absolute atomic E-state index is 4.54. The predicted molar refractivity (Wildman–Crippen MR) is 79.5 cm³/mol. The summed E-state index contributed by atoms with van der Waals surface area (Å²) in [6.07, 6.45) is 3.92. The molecule has 0 bridgehead atoms. The van der Waals surface area contributed by atoms with E-state index in [1.165, 1.54) is 22.3 Å². The second kappa shape index (κ2) is 5.57. The average Bonchev–Trinajstić information content (AvgIpc) is 2.81. The summed E-state index contributed by atoms with van der Waals surface area (Å²) in [5.41, 5.74) is 5.30. The normalized spacial score (nSPS) is 12.7. The van der Waals surface area contributed by atoms with E-state index in [1.54, 1.807) is 0 Å². The SMILES string of the molecule is CCn1ccnc1C(NC)c1c(C)cc(C)cc1C. The number of rotatable bonds is 4. The van der Waals surface area contributed by atoms with Crippen LogP contribution in [-0.4, -0.2) is 16.6 Å². The zero-order chi connectivity index (χ0) is 14.0. The van der Waals surface area contributed by atoms with Crippen LogP contribution in [0.5, 0.6) is 0 Å². The molecule has 1 N–H and O–H groups in total. The molecule has 0 spiro atoms. The van der Waals surface area contributed by atoms with Crippen LogP contribution < -0.4 is 5.32 Å². The van der Waals surface area contributed by atoms with Gasteiger partial charge in [0.1, 0.15) is 5.82 Å². The Hall–Kier alpha value is -1.61. The number of imidazole rings is 1. The molecule has 1 aromatic heterocycles. The van der Waals surface area contributed by atoms with Crippen LogP contribution in [0.3, 0.4) is 0 Å². The Kier molecular flexibility index (Phi) is 4.05. The molecule has 2 rings (SSSR count). The van der Waals surface area contributed by atoms with E-state index in [4.69, 9.17) is 0 Å². The molecule has 0 aliphatic heterocycles. The highest BCUT2D eigenvalue weighted by atomic mass is 15.1. The van der Waals surface area contributed by atoms with Gasteiger partial charge in [0.15, 0.2) is 0 Å². The van der Waals surface area contributed by atoms with Gasteiger partial charge in [-0.05, 0) is 51.4 Å². The van der Waals surface area contributed by atoms with Crippen molar-refractivity contribution >= 4 is 0 Å². The van der Waals surface area contributed by atoms with Crippen molar-refractivity contribution in [3.05, 3.63) is 52.6 Å². The molecule has 3 heteroatoms. The Morgan fingerprint density at radius 1 is 1.21 bits per heavy atom. The van der Waals surface area contributed by atoms with Crippen molar-refractivity contribution in [1.29, 1.82) is 0 Å². The molecular weight excluding hydrogens is 234 g/mol. The monoisotopic (exact) mass is 257 g/mol. The number of aryl methyl sites for hydroxylation is 4. The number of aromatic nitrogens is 2. The van der Waals surface area contributed by atoms with Gasteiger partial charge in [0.2, 0.25) is 0 Å². The lowest BCUT2D eigenvalue weighted by molar-refractivity contribution is 0.586. The summed E-state index contributed by atoms with van der Waals surface area (Å²) in [7, 11) is 2.00. The second-order valence-electron chi connectivity index (χ2n) is 5.11. The lowest BCUT2D eigenvalue weighted by atomic mass is 9.93. The summed E-state index contributed by atoms with van der Waals surface area (Å²) in [5.74, 6) is 1.08. The number of benzene rings is 1. The maximum Gasteiger partial charge on any atom is 0.130 e. The first-order chi connectivity index (χ1) is 9.08. The molecule has 1 heterocycles. The van der Waals surface area contributed by atoms with E-state index in [2.05, 4.69) is 54.7 Å². The first-order valence-corrected chi connectivity index (χ1v) is 6.84. The van der Waals surface area contributed by atoms with Gasteiger partial charge in [-0.2, -0.15) is 0 Å². The fourth-order valence-electron chi connectivity index (χ4n) is 2.90. The summed E-state index contributed by atoms with van der Waals surface area (Å²) in [6, 6.07) is 4.63. The average molecular weight is 257 g/mol. The Morgan fingerprint density at radius 3 is 2.37 bits per heavy atom. The summed E-state index contributed by atoms with van der Waals surface area (Å²) in [5, 5.41) is 3.41. The van der Waals surface area contributed by atoms with E-state index in [1.807, 2.05) is 19.4 Å². The fourth-order valence-corrected chi connectivity index (χ4v) is 2.90. The molecule has 0 radical (unpaired) electrons. The van der Waals surface area contributed by atoms with Gasteiger partial charge in [-0.1, -0.05) is 17.7 Å². The molecule has 0 amide bonds. The minimum Gasteiger partial charge on any atom is -0.334 e. The Bertz CT molecular complexity index is 546. The van der Waals surface area contributed by atoms with Crippen LogP contribution in [0.15, 0.2) is 24.5 Å². The van der Waals surface area contributed by atoms with Crippen LogP contribution in [-0.2, 0) is 6.54 Å². The van der Waals surface area contributed by atoms with Gasteiger partial charge < -0.3 is 9.88 Å². The number of hydrogen-bond donors (Lipinski definition) is 1. The number of hydrogen-bond acceptors (Lipinski definition) is 2. The van der Waals surface area contributed by atoms with Crippen LogP contribution in [0.1, 0.15) is 41.0 Å². The summed E-state index contributed by atoms with van der Waals surface area (Å²) >= 11 is 0. The molecule has 1 aromatic carbocycles. The van der Waals surface area contributed by atoms with Gasteiger partial charge in [-0.15, -0.1) is 0 Å². The molecule has 0 aliphatic rings. The van der Waals surface area contributed by atoms with Crippen molar-refractivity contribution in [3.63, 3.8) is 0 Å². The lowest BCUT2D eigenvalue weighted by Crippen LogP contribution is -2.23. The molecule has 3 nitrogen and oxygen atoms in total. The van der Waals surface area contributed by atoms with Gasteiger partial charge in [0.25, 0.3) is 0 Å². The van der Waals surface area contributed by atoms with Crippen molar-refractivity contribution < 1.29 is 0 Å². The zero-order valence-corrected chi connectivity index (χ0v) is 12.5. The van der Waals surface area contributed by atoms with E-state index >= 15 is 0 Å². The minimum absolute atomic E-state index is 0.149. The second-order valence-corrected chi connectivity index (χ2v) is 5.11. The highest BCUT2D eigenvalue weighted by molar-refractivity contribution is 5.42. The van der Waals surface area contributed by atoms with Gasteiger partial charge in [0, 0.05) is 18.9 Å². The standard InChI is InChI=1S/C16H23N3/c1-6-19-8-7-18-16(19)15(17-5)14-12(3)9-11(2)10-13(14)4/h7-10,15,17H,6H2,1-5H3. The van der Waals surface area contributed by atoms with Crippen molar-refractivity contribution in [2.45, 2.75) is 40.3 Å². The van der Waals surface area contributed by atoms with Crippen LogP contribution in [0.2, 0.25) is 0 Å². The van der Waals surface area contributed by atoms with Gasteiger partial charge in [-0.25, -0.2) is 4.98 Å². The van der Waals surface area contributed by atoms with E-state index in [0.29, 0.717) is 0 Å². The summed E-state index contributed by atoms with van der Waals surface area (Å²) in [4.78, 5) is 4.54. The molecule has 2 aromatic rings. The zero-order valence-electron chi connectivity index (χ0n) is 12.5. The van der Waals surface area contributed by atoms with Crippen molar-refractivity contribution in [2.24, 2.45) is 0 Å². The molecule has 0 saturated carbocycles. The third-order valence-electron chi connectivity index (χ3n) is 3.66. The Balaban J connectivity index is 2.54. The van der Waals surface area contributed by atoms with Gasteiger partial charge >= 0.3 is 0 Å². The molecule has 0 aliphatic carbocycles. The quantitative estimate of drug-likeness (QED) is 0.912. The highest BCUT2D eigenvalue weighted by Crippen LogP contribution is 2.27. The van der Waals surface area contributed by atoms with Crippen LogP contribution in [0.25, 0.3) is 0 Å². The van der Waals surface area contributed by atoms with E-state index in [9.17, 15) is 0 Å². The van der Waals surface area contributed by atoms with Gasteiger partial charge in [-0.3, -0.25) is 0 Å². The smallest absolute Gasteiger partial charge is 0.130 e. The molecule has 1 atom stereocenters. The largest absolute Gasteiger partial charge is 0.334 e. The molecule has 19 heavy (non-hydrogen) atoms. The summed E-state index contributed by atoms with van der Waals surface area (Å²) in [6.45, 7) is 9.59. The molecular formula is C16H23N3. The van der Waals surface area contributed by atoms with E-state index < -0.39 is 0 Å². The fraction of sp³-hybridized carbons (Fsp3) is 0.438. The topological polar surface area (TPSA) is 29.9 Å². The highest BCUT2D eigenvalue weighted by Gasteiger charge is 2.20. The van der Waals surface area contributed by atoms with Crippen LogP contribution >= 0.6 is 0 Å². The predicted octanol–water partition coefficient (Wildman–Crippen LogP) is 3.14. The van der Waals surface area contributed by atoms with Crippen molar-refractivity contribution in [2.75, 3.05) is 7.05 Å². The van der Waals surface area contributed by atoms with Crippen LogP contribution in [0, 0.1) is 20.8 Å². The molecule has 0 saturated heterocycles. The van der Waals surface area contributed by atoms with Crippen LogP contribution in [0.4, 0.5) is 0 Å². The van der Waals surface area contributed by atoms with E-state index in [-0.39, 0.29) is 6.04 Å². The van der Waals surface area contributed by atoms with E-state index in [0.717, 1.165) is 12.4 Å². The molecule has 102 valence electrons. The number of nitrogens with one attached hydrogen (secondary N) is 1. The first-order valence-electron chi connectivity index (χ1n) is 6.84. The number of nitrogens with zero attached hydrogens (tertiary/aromatic N) is 2. The maximum atomic E-state index is 4.54. The summed E-state index contributed by atoms with van der Waals surface area (Å²) < 4.78 is 2.19. The lowest BCUT2D eigenvalue weighted by Gasteiger charge is -2.22. The Morgan fingerprint density at radius 2 is 1.84 bits per heavy atom. The Labute approximate surface area is 115 Å². The third kappa shape index (κ3) is 2.56. The minimum atomic E-state index is 0.149. The molecule has 1 unspecified atom stereocenters. The van der Waals surface area contributed by atoms with Crippen molar-refractivity contribution in [3.8, 4) is 0 Å².